The third-order valence-corrected chi connectivity index (χ3v) is 4.75. The lowest BCUT2D eigenvalue weighted by molar-refractivity contribution is 0.620. The molecule has 0 spiro atoms. The zero-order valence-electron chi connectivity index (χ0n) is 8.38. The van der Waals surface area contributed by atoms with E-state index in [-0.39, 0.29) is 0 Å². The minimum Gasteiger partial charge on any atom is -0.383 e. The van der Waals surface area contributed by atoms with Crippen molar-refractivity contribution in [3.8, 4) is 0 Å². The Morgan fingerprint density at radius 2 is 2.29 bits per heavy atom. The van der Waals surface area contributed by atoms with E-state index in [2.05, 4.69) is 60.0 Å². The van der Waals surface area contributed by atoms with E-state index in [4.69, 9.17) is 0 Å². The van der Waals surface area contributed by atoms with Gasteiger partial charge in [0, 0.05) is 25.9 Å². The largest absolute Gasteiger partial charge is 0.383 e. The molecule has 0 radical (unpaired) electrons. The number of nitrogens with one attached hydrogen (secondary N) is 1. The third-order valence-electron chi connectivity index (χ3n) is 2.46. The van der Waals surface area contributed by atoms with Crippen LogP contribution in [-0.4, -0.2) is 11.8 Å². The molecule has 0 aromatic heterocycles. The summed E-state index contributed by atoms with van der Waals surface area (Å²) in [6.07, 6.45) is 0. The van der Waals surface area contributed by atoms with Crippen LogP contribution in [0.4, 0.5) is 5.69 Å². The normalized spacial score (nSPS) is 20.4. The van der Waals surface area contributed by atoms with Gasteiger partial charge in [0.05, 0.1) is 0 Å². The van der Waals surface area contributed by atoms with Crippen LogP contribution in [0, 0.1) is 9.49 Å². The molecule has 76 valence electrons. The minimum absolute atomic E-state index is 0.711. The van der Waals surface area contributed by atoms with Gasteiger partial charge < -0.3 is 5.32 Å². The summed E-state index contributed by atoms with van der Waals surface area (Å²) in [6, 6.07) is 6.62. The summed E-state index contributed by atoms with van der Waals surface area (Å²) in [5, 5.41) is 4.22. The van der Waals surface area contributed by atoms with Crippen LogP contribution in [0.5, 0.6) is 0 Å². The summed E-state index contributed by atoms with van der Waals surface area (Å²) in [6.45, 7) is 5.67. The Labute approximate surface area is 103 Å². The number of fused-ring (bicyclic) bond motifs is 1. The van der Waals surface area contributed by atoms with E-state index in [1.54, 1.807) is 0 Å². The van der Waals surface area contributed by atoms with Crippen molar-refractivity contribution in [2.75, 3.05) is 11.9 Å². The number of hydrogen-bond donors (Lipinski definition) is 1. The Bertz CT molecular complexity index is 338. The molecule has 1 aliphatic rings. The molecule has 1 heterocycles. The lowest BCUT2D eigenvalue weighted by Crippen LogP contribution is -2.25. The van der Waals surface area contributed by atoms with E-state index in [1.165, 1.54) is 14.2 Å². The molecule has 1 nitrogen and oxygen atoms in total. The fourth-order valence-corrected chi connectivity index (χ4v) is 3.19. The van der Waals surface area contributed by atoms with Crippen LogP contribution in [0.1, 0.15) is 13.8 Å². The van der Waals surface area contributed by atoms with Gasteiger partial charge in [0.15, 0.2) is 0 Å². The minimum atomic E-state index is 0.711. The maximum atomic E-state index is 3.51. The maximum absolute atomic E-state index is 3.51. The molecule has 1 N–H and O–H groups in total. The van der Waals surface area contributed by atoms with Gasteiger partial charge in [0.25, 0.3) is 0 Å². The van der Waals surface area contributed by atoms with Gasteiger partial charge in [-0.1, -0.05) is 13.8 Å². The molecule has 0 saturated carbocycles. The van der Waals surface area contributed by atoms with Gasteiger partial charge in [-0.3, -0.25) is 0 Å². The average molecular weight is 319 g/mol. The van der Waals surface area contributed by atoms with Gasteiger partial charge in [0.2, 0.25) is 0 Å². The van der Waals surface area contributed by atoms with Crippen molar-refractivity contribution >= 4 is 40.0 Å². The number of halogens is 1. The Hall–Kier alpha value is 0.1000. The Morgan fingerprint density at radius 3 is 3.00 bits per heavy atom. The third kappa shape index (κ3) is 2.19. The molecule has 14 heavy (non-hydrogen) atoms. The fourth-order valence-electron chi connectivity index (χ4n) is 1.53. The number of hydrogen-bond acceptors (Lipinski definition) is 2. The van der Waals surface area contributed by atoms with Crippen molar-refractivity contribution in [2.24, 2.45) is 5.92 Å². The maximum Gasteiger partial charge on any atom is 0.0489 e. The van der Waals surface area contributed by atoms with Crippen LogP contribution in [0.3, 0.4) is 0 Å². The summed E-state index contributed by atoms with van der Waals surface area (Å²) in [7, 11) is 0. The van der Waals surface area contributed by atoms with Crippen molar-refractivity contribution in [3.63, 3.8) is 0 Å². The van der Waals surface area contributed by atoms with Crippen molar-refractivity contribution in [3.05, 3.63) is 21.8 Å². The molecule has 1 aliphatic heterocycles. The number of rotatable bonds is 1. The number of thioether (sulfide) groups is 1. The van der Waals surface area contributed by atoms with Crippen molar-refractivity contribution in [1.29, 1.82) is 0 Å². The molecule has 3 heteroatoms. The second kappa shape index (κ2) is 4.31. The molecule has 1 aromatic rings. The zero-order valence-corrected chi connectivity index (χ0v) is 11.4. The topological polar surface area (TPSA) is 12.0 Å². The summed E-state index contributed by atoms with van der Waals surface area (Å²) in [5.41, 5.74) is 1.30. The highest BCUT2D eigenvalue weighted by Gasteiger charge is 2.21. The molecular weight excluding hydrogens is 305 g/mol. The Morgan fingerprint density at radius 1 is 1.50 bits per heavy atom. The standard InChI is InChI=1S/C11H14INS/c1-7(2)11-6-13-9-5-8(12)3-4-10(9)14-11/h3-5,7,11,13H,6H2,1-2H3. The summed E-state index contributed by atoms with van der Waals surface area (Å²) >= 11 is 4.36. The van der Waals surface area contributed by atoms with E-state index in [1.807, 2.05) is 11.8 Å². The molecule has 0 amide bonds. The highest BCUT2D eigenvalue weighted by atomic mass is 127. The molecule has 1 aromatic carbocycles. The lowest BCUT2D eigenvalue weighted by Gasteiger charge is -2.28. The molecule has 0 aliphatic carbocycles. The predicted molar refractivity (Wildman–Crippen MR) is 72.1 cm³/mol. The zero-order chi connectivity index (χ0) is 10.1. The van der Waals surface area contributed by atoms with E-state index < -0.39 is 0 Å². The molecule has 0 bridgehead atoms. The van der Waals surface area contributed by atoms with Crippen molar-refractivity contribution in [2.45, 2.75) is 24.0 Å². The second-order valence-corrected chi connectivity index (χ2v) is 6.45. The van der Waals surface area contributed by atoms with Crippen LogP contribution >= 0.6 is 34.4 Å². The van der Waals surface area contributed by atoms with E-state index >= 15 is 0 Å². The lowest BCUT2D eigenvalue weighted by atomic mass is 10.1. The van der Waals surface area contributed by atoms with E-state index in [9.17, 15) is 0 Å². The van der Waals surface area contributed by atoms with Gasteiger partial charge in [-0.2, -0.15) is 0 Å². The summed E-state index contributed by atoms with van der Waals surface area (Å²) in [5.74, 6) is 0.736. The second-order valence-electron chi connectivity index (χ2n) is 3.92. The average Bonchev–Trinajstić information content (AvgIpc) is 2.16. The first-order valence-electron chi connectivity index (χ1n) is 4.87. The van der Waals surface area contributed by atoms with Crippen molar-refractivity contribution in [1.82, 2.24) is 0 Å². The number of benzene rings is 1. The van der Waals surface area contributed by atoms with Gasteiger partial charge >= 0.3 is 0 Å². The van der Waals surface area contributed by atoms with Gasteiger partial charge in [-0.15, -0.1) is 11.8 Å². The van der Waals surface area contributed by atoms with Gasteiger partial charge in [-0.25, -0.2) is 0 Å². The van der Waals surface area contributed by atoms with Crippen molar-refractivity contribution < 1.29 is 0 Å². The molecule has 2 rings (SSSR count). The summed E-state index contributed by atoms with van der Waals surface area (Å²) in [4.78, 5) is 1.40. The first-order chi connectivity index (χ1) is 6.66. The predicted octanol–water partition coefficient (Wildman–Crippen LogP) is 3.83. The van der Waals surface area contributed by atoms with Crippen LogP contribution in [0.25, 0.3) is 0 Å². The fraction of sp³-hybridized carbons (Fsp3) is 0.455. The van der Waals surface area contributed by atoms with Gasteiger partial charge in [-0.05, 0) is 46.7 Å². The number of anilines is 1. The van der Waals surface area contributed by atoms with Crippen LogP contribution in [0.2, 0.25) is 0 Å². The highest BCUT2D eigenvalue weighted by molar-refractivity contribution is 14.1. The first-order valence-corrected chi connectivity index (χ1v) is 6.83. The molecule has 1 atom stereocenters. The molecule has 0 fully saturated rings. The Balaban J connectivity index is 2.23. The summed E-state index contributed by atoms with van der Waals surface area (Å²) < 4.78 is 1.30. The van der Waals surface area contributed by atoms with Crippen LogP contribution < -0.4 is 5.32 Å². The van der Waals surface area contributed by atoms with E-state index in [0.717, 1.165) is 12.5 Å². The molecular formula is C11H14INS. The van der Waals surface area contributed by atoms with Gasteiger partial charge in [0.1, 0.15) is 0 Å². The van der Waals surface area contributed by atoms with Crippen LogP contribution in [0.15, 0.2) is 23.1 Å². The Kier molecular flexibility index (Phi) is 3.27. The quantitative estimate of drug-likeness (QED) is 0.790. The SMILES string of the molecule is CC(C)C1CNc2cc(I)ccc2S1. The smallest absolute Gasteiger partial charge is 0.0489 e. The first kappa shape index (κ1) is 10.6. The van der Waals surface area contributed by atoms with E-state index in [0.29, 0.717) is 5.25 Å². The highest BCUT2D eigenvalue weighted by Crippen LogP contribution is 2.38. The molecule has 0 saturated heterocycles. The molecule has 1 unspecified atom stereocenters. The monoisotopic (exact) mass is 319 g/mol. The van der Waals surface area contributed by atoms with Crippen LogP contribution in [-0.2, 0) is 0 Å².